The van der Waals surface area contributed by atoms with Crippen molar-refractivity contribution in [2.45, 2.75) is 52.2 Å². The van der Waals surface area contributed by atoms with Crippen LogP contribution in [0.2, 0.25) is 0 Å². The second-order valence-electron chi connectivity index (χ2n) is 5.18. The molecule has 2 aliphatic carbocycles. The van der Waals surface area contributed by atoms with Gasteiger partial charge < -0.3 is 9.47 Å². The molecule has 0 bridgehead atoms. The summed E-state index contributed by atoms with van der Waals surface area (Å²) in [6, 6.07) is 0. The normalized spacial score (nSPS) is 24.6. The zero-order valence-corrected chi connectivity index (χ0v) is 14.2. The summed E-state index contributed by atoms with van der Waals surface area (Å²) in [6.07, 6.45) is 15.3. The maximum atomic E-state index is 6.13. The molecule has 20 heavy (non-hydrogen) atoms. The minimum absolute atomic E-state index is 0. The molecule has 2 rings (SSSR count). The molecule has 0 spiro atoms. The summed E-state index contributed by atoms with van der Waals surface area (Å²) in [5.74, 6) is 0.170. The van der Waals surface area contributed by atoms with Crippen molar-refractivity contribution in [3.8, 4) is 0 Å². The Bertz CT molecular complexity index is 446. The van der Waals surface area contributed by atoms with E-state index in [1.165, 1.54) is 5.57 Å². The van der Waals surface area contributed by atoms with Gasteiger partial charge in [-0.3, -0.25) is 0 Å². The third-order valence-electron chi connectivity index (χ3n) is 3.51. The summed E-state index contributed by atoms with van der Waals surface area (Å²) in [6.45, 7) is 7.09. The molecular weight excluding hydrogens is 284 g/mol. The van der Waals surface area contributed by atoms with Gasteiger partial charge in [-0.15, -0.1) is 6.42 Å². The Balaban J connectivity index is 0.00000200. The SMILES string of the molecule is CCCCOC1(OC2=[C-]CC=C2)CC=C(C)C=C1C.[Ti]. The van der Waals surface area contributed by atoms with E-state index in [4.69, 9.17) is 9.47 Å². The van der Waals surface area contributed by atoms with Crippen molar-refractivity contribution in [3.05, 3.63) is 47.3 Å². The Hall–Kier alpha value is -0.566. The molecule has 108 valence electrons. The summed E-state index contributed by atoms with van der Waals surface area (Å²) in [5.41, 5.74) is 2.41. The number of hydrogen-bond donors (Lipinski definition) is 0. The van der Waals surface area contributed by atoms with Crippen molar-refractivity contribution in [1.29, 1.82) is 0 Å². The van der Waals surface area contributed by atoms with E-state index in [1.807, 2.05) is 6.08 Å². The first-order valence-electron chi connectivity index (χ1n) is 7.12. The van der Waals surface area contributed by atoms with Crippen LogP contribution in [0.1, 0.15) is 46.5 Å². The number of ether oxygens (including phenoxy) is 2. The molecule has 0 aromatic carbocycles. The Labute approximate surface area is 137 Å². The van der Waals surface area contributed by atoms with E-state index in [-0.39, 0.29) is 21.7 Å². The molecule has 0 saturated carbocycles. The first kappa shape index (κ1) is 17.5. The number of rotatable bonds is 6. The second kappa shape index (κ2) is 8.02. The van der Waals surface area contributed by atoms with Crippen molar-refractivity contribution in [1.82, 2.24) is 0 Å². The van der Waals surface area contributed by atoms with E-state index < -0.39 is 5.79 Å². The Morgan fingerprint density at radius 1 is 1.35 bits per heavy atom. The molecule has 0 saturated heterocycles. The molecule has 1 atom stereocenters. The minimum Gasteiger partial charge on any atom is -0.496 e. The van der Waals surface area contributed by atoms with Gasteiger partial charge in [0.15, 0.2) is 0 Å². The van der Waals surface area contributed by atoms with E-state index in [9.17, 15) is 0 Å². The summed E-state index contributed by atoms with van der Waals surface area (Å²) >= 11 is 0. The molecular formula is C17H23O2Ti-. The standard InChI is InChI=1S/C17H23O2.Ti/c1-4-5-12-18-17(19-16-8-6-7-9-16)11-10-14(2)13-15(17)3;/h6,8,10,13H,4-5,7,11-12H2,1-3H3;/q-1;. The van der Waals surface area contributed by atoms with Crippen LogP contribution in [0, 0.1) is 6.08 Å². The first-order chi connectivity index (χ1) is 9.16. The number of allylic oxidation sites excluding steroid dienone is 5. The Morgan fingerprint density at radius 2 is 2.15 bits per heavy atom. The number of hydrogen-bond acceptors (Lipinski definition) is 2. The molecule has 0 aliphatic heterocycles. The van der Waals surface area contributed by atoms with Crippen LogP contribution in [0.25, 0.3) is 0 Å². The van der Waals surface area contributed by atoms with Gasteiger partial charge in [0.2, 0.25) is 5.79 Å². The average Bonchev–Trinajstić information content (AvgIpc) is 2.87. The van der Waals surface area contributed by atoms with Gasteiger partial charge in [0.25, 0.3) is 0 Å². The van der Waals surface area contributed by atoms with E-state index in [1.54, 1.807) is 0 Å². The van der Waals surface area contributed by atoms with Gasteiger partial charge in [0.05, 0.1) is 6.61 Å². The maximum Gasteiger partial charge on any atom is 0.232 e. The van der Waals surface area contributed by atoms with Crippen molar-refractivity contribution >= 4 is 0 Å². The maximum absolute atomic E-state index is 6.13. The Kier molecular flexibility index (Phi) is 7.01. The monoisotopic (exact) mass is 307 g/mol. The van der Waals surface area contributed by atoms with Crippen LogP contribution in [-0.2, 0) is 31.2 Å². The van der Waals surface area contributed by atoms with E-state index >= 15 is 0 Å². The van der Waals surface area contributed by atoms with Crippen molar-refractivity contribution < 1.29 is 31.2 Å². The molecule has 0 heterocycles. The van der Waals surface area contributed by atoms with Crippen molar-refractivity contribution in [3.63, 3.8) is 0 Å². The second-order valence-corrected chi connectivity index (χ2v) is 5.18. The van der Waals surface area contributed by atoms with Crippen molar-refractivity contribution in [2.24, 2.45) is 0 Å². The fourth-order valence-corrected chi connectivity index (χ4v) is 2.30. The largest absolute Gasteiger partial charge is 0.496 e. The van der Waals surface area contributed by atoms with Gasteiger partial charge in [-0.05, 0) is 31.6 Å². The van der Waals surface area contributed by atoms with Crippen LogP contribution in [0.15, 0.2) is 41.2 Å². The zero-order valence-electron chi connectivity index (χ0n) is 12.7. The quantitative estimate of drug-likeness (QED) is 0.312. The molecule has 0 N–H and O–H groups in total. The van der Waals surface area contributed by atoms with Crippen LogP contribution in [0.3, 0.4) is 0 Å². The summed E-state index contributed by atoms with van der Waals surface area (Å²) in [5, 5.41) is 0. The van der Waals surface area contributed by atoms with E-state index in [0.29, 0.717) is 0 Å². The number of unbranched alkanes of at least 4 members (excludes halogenated alkanes) is 1. The van der Waals surface area contributed by atoms with E-state index in [2.05, 4.69) is 45.1 Å². The van der Waals surface area contributed by atoms with Crippen LogP contribution in [-0.4, -0.2) is 12.4 Å². The predicted octanol–water partition coefficient (Wildman–Crippen LogP) is 4.46. The zero-order chi connectivity index (χ0) is 13.7. The molecule has 3 heteroatoms. The molecule has 0 amide bonds. The van der Waals surface area contributed by atoms with Gasteiger partial charge in [0.1, 0.15) is 0 Å². The minimum atomic E-state index is -0.633. The van der Waals surface area contributed by atoms with Gasteiger partial charge in [-0.2, -0.15) is 12.2 Å². The molecule has 0 fully saturated rings. The predicted molar refractivity (Wildman–Crippen MR) is 77.3 cm³/mol. The van der Waals surface area contributed by atoms with Gasteiger partial charge in [-0.25, -0.2) is 6.08 Å². The fraction of sp³-hybridized carbons (Fsp3) is 0.529. The third kappa shape index (κ3) is 4.21. The first-order valence-corrected chi connectivity index (χ1v) is 7.12. The molecule has 2 nitrogen and oxygen atoms in total. The van der Waals surface area contributed by atoms with Gasteiger partial charge in [0, 0.05) is 28.1 Å². The molecule has 0 aromatic rings. The Morgan fingerprint density at radius 3 is 2.75 bits per heavy atom. The van der Waals surface area contributed by atoms with Crippen LogP contribution in [0.4, 0.5) is 0 Å². The molecule has 2 aliphatic rings. The summed E-state index contributed by atoms with van der Waals surface area (Å²) in [7, 11) is 0. The van der Waals surface area contributed by atoms with Crippen LogP contribution < -0.4 is 0 Å². The molecule has 0 aromatic heterocycles. The van der Waals surface area contributed by atoms with Gasteiger partial charge in [-0.1, -0.05) is 31.1 Å². The summed E-state index contributed by atoms with van der Waals surface area (Å²) in [4.78, 5) is 0. The topological polar surface area (TPSA) is 18.5 Å². The third-order valence-corrected chi connectivity index (χ3v) is 3.51. The van der Waals surface area contributed by atoms with E-state index in [0.717, 1.165) is 43.6 Å². The van der Waals surface area contributed by atoms with Crippen LogP contribution in [0.5, 0.6) is 0 Å². The van der Waals surface area contributed by atoms with Crippen molar-refractivity contribution in [2.75, 3.05) is 6.61 Å². The molecule has 1 unspecified atom stereocenters. The average molecular weight is 307 g/mol. The molecule has 0 radical (unpaired) electrons. The smallest absolute Gasteiger partial charge is 0.232 e. The van der Waals surface area contributed by atoms with Gasteiger partial charge >= 0.3 is 0 Å². The summed E-state index contributed by atoms with van der Waals surface area (Å²) < 4.78 is 12.2. The fourth-order valence-electron chi connectivity index (χ4n) is 2.30. The van der Waals surface area contributed by atoms with Crippen LogP contribution >= 0.6 is 0 Å².